The Morgan fingerprint density at radius 3 is 2.91 bits per heavy atom. The van der Waals surface area contributed by atoms with Crippen molar-refractivity contribution in [3.63, 3.8) is 0 Å². The first-order valence-electron chi connectivity index (χ1n) is 10.1. The molecule has 0 saturated carbocycles. The number of carbonyl (C=O) groups is 1. The third-order valence-corrected chi connectivity index (χ3v) is 5.92. The van der Waals surface area contributed by atoms with Crippen molar-refractivity contribution < 1.29 is 23.1 Å². The highest BCUT2D eigenvalue weighted by Crippen LogP contribution is 2.42. The Kier molecular flexibility index (Phi) is 5.57. The molecule has 1 aromatic heterocycles. The van der Waals surface area contributed by atoms with E-state index < -0.39 is 30.2 Å². The first kappa shape index (κ1) is 21.7. The van der Waals surface area contributed by atoms with E-state index in [9.17, 15) is 23.1 Å². The largest absolute Gasteiger partial charge is 0.396 e. The summed E-state index contributed by atoms with van der Waals surface area (Å²) in [6.07, 6.45) is 5.45. The fourth-order valence-electron chi connectivity index (χ4n) is 4.23. The maximum Gasteiger partial charge on any atom is 0.323 e. The first-order chi connectivity index (χ1) is 15.3. The van der Waals surface area contributed by atoms with Crippen molar-refractivity contribution in [1.82, 2.24) is 14.7 Å². The Labute approximate surface area is 182 Å². The molecule has 2 aliphatic rings. The van der Waals surface area contributed by atoms with Crippen LogP contribution in [0.5, 0.6) is 0 Å². The number of halogens is 3. The maximum absolute atomic E-state index is 15.0. The standard InChI is InChI=1S/C22H20F3N5O2/c1-2-16-8-19-17(20-22(24,25)6-5-13(12-31)10-30(20)28-19)11-29(16)21(32)27-15-3-4-18(23)14(7-15)9-26/h1,3-4,7,13,16,31H,5-6,8,10-12H2,(H,27,32)/t13-,16+/m0/s1. The lowest BCUT2D eigenvalue weighted by Crippen LogP contribution is -2.46. The van der Waals surface area contributed by atoms with E-state index >= 15 is 0 Å². The van der Waals surface area contributed by atoms with Gasteiger partial charge >= 0.3 is 6.03 Å². The molecular formula is C22H20F3N5O2. The van der Waals surface area contributed by atoms with E-state index in [1.165, 1.54) is 21.7 Å². The number of benzene rings is 1. The number of alkyl halides is 2. The second-order valence-electron chi connectivity index (χ2n) is 8.00. The van der Waals surface area contributed by atoms with Gasteiger partial charge in [0.05, 0.1) is 17.8 Å². The zero-order chi connectivity index (χ0) is 23.0. The number of nitriles is 1. The number of carbonyl (C=O) groups excluding carboxylic acids is 1. The van der Waals surface area contributed by atoms with Crippen molar-refractivity contribution in [3.05, 3.63) is 46.5 Å². The molecule has 4 rings (SSSR count). The highest BCUT2D eigenvalue weighted by atomic mass is 19.3. The number of anilines is 1. The van der Waals surface area contributed by atoms with Crippen LogP contribution in [0.2, 0.25) is 0 Å². The number of amides is 2. The Bertz CT molecular complexity index is 1150. The molecule has 0 radical (unpaired) electrons. The molecule has 10 heteroatoms. The molecule has 0 bridgehead atoms. The van der Waals surface area contributed by atoms with E-state index in [0.717, 1.165) is 6.07 Å². The van der Waals surface area contributed by atoms with Crippen LogP contribution in [-0.2, 0) is 25.4 Å². The summed E-state index contributed by atoms with van der Waals surface area (Å²) in [5, 5.41) is 25.4. The topological polar surface area (TPSA) is 94.2 Å². The summed E-state index contributed by atoms with van der Waals surface area (Å²) in [5.41, 5.74) is 0.368. The zero-order valence-corrected chi connectivity index (χ0v) is 17.0. The number of fused-ring (bicyclic) bond motifs is 3. The number of nitrogens with one attached hydrogen (secondary N) is 1. The van der Waals surface area contributed by atoms with Crippen LogP contribution in [0.3, 0.4) is 0 Å². The molecule has 2 aliphatic heterocycles. The molecule has 2 atom stereocenters. The fourth-order valence-corrected chi connectivity index (χ4v) is 4.23. The van der Waals surface area contributed by atoms with Crippen LogP contribution in [0.25, 0.3) is 0 Å². The van der Waals surface area contributed by atoms with E-state index in [1.807, 2.05) is 0 Å². The SMILES string of the molecule is C#C[C@@H]1Cc2nn3c(c2CN1C(=O)Nc1ccc(F)c(C#N)c1)C(F)(F)CC[C@H](CO)C3. The molecule has 7 nitrogen and oxygen atoms in total. The Morgan fingerprint density at radius 2 is 2.22 bits per heavy atom. The molecule has 0 fully saturated rings. The quantitative estimate of drug-likeness (QED) is 0.698. The summed E-state index contributed by atoms with van der Waals surface area (Å²) in [7, 11) is 0. The lowest BCUT2D eigenvalue weighted by Gasteiger charge is -2.33. The highest BCUT2D eigenvalue weighted by Gasteiger charge is 2.45. The summed E-state index contributed by atoms with van der Waals surface area (Å²) < 4.78 is 44.8. The van der Waals surface area contributed by atoms with E-state index in [0.29, 0.717) is 5.69 Å². The van der Waals surface area contributed by atoms with Crippen molar-refractivity contribution in [2.75, 3.05) is 11.9 Å². The number of hydrogen-bond acceptors (Lipinski definition) is 4. The molecule has 166 valence electrons. The number of rotatable bonds is 2. The minimum absolute atomic E-state index is 0.103. The Hall–Kier alpha value is -3.50. The number of terminal acetylenes is 1. The second-order valence-corrected chi connectivity index (χ2v) is 8.00. The average molecular weight is 443 g/mol. The summed E-state index contributed by atoms with van der Waals surface area (Å²) in [5.74, 6) is -1.71. The first-order valence-corrected chi connectivity index (χ1v) is 10.1. The molecule has 2 aromatic rings. The molecular weight excluding hydrogens is 423 g/mol. The van der Waals surface area contributed by atoms with E-state index in [1.54, 1.807) is 6.07 Å². The monoisotopic (exact) mass is 443 g/mol. The normalized spacial score (nSPS) is 21.5. The van der Waals surface area contributed by atoms with Gasteiger partial charge < -0.3 is 15.3 Å². The molecule has 0 unspecified atom stereocenters. The molecule has 2 amide bonds. The number of aromatic nitrogens is 2. The maximum atomic E-state index is 15.0. The number of aliphatic hydroxyl groups is 1. The van der Waals surface area contributed by atoms with Gasteiger partial charge in [0.1, 0.15) is 23.6 Å². The Morgan fingerprint density at radius 1 is 1.44 bits per heavy atom. The lowest BCUT2D eigenvalue weighted by atomic mass is 9.95. The van der Waals surface area contributed by atoms with Crippen LogP contribution in [0, 0.1) is 35.4 Å². The van der Waals surface area contributed by atoms with Gasteiger partial charge in [-0.25, -0.2) is 9.18 Å². The van der Waals surface area contributed by atoms with Crippen molar-refractivity contribution in [2.45, 2.75) is 44.3 Å². The van der Waals surface area contributed by atoms with Gasteiger partial charge in [-0.3, -0.25) is 4.68 Å². The molecule has 0 saturated heterocycles. The van der Waals surface area contributed by atoms with Crippen molar-refractivity contribution in [2.24, 2.45) is 5.92 Å². The summed E-state index contributed by atoms with van der Waals surface area (Å²) in [6, 6.07) is 3.85. The molecule has 1 aromatic carbocycles. The second kappa shape index (κ2) is 8.21. The molecule has 3 heterocycles. The fraction of sp³-hybridized carbons (Fsp3) is 0.409. The van der Waals surface area contributed by atoms with Crippen molar-refractivity contribution >= 4 is 11.7 Å². The van der Waals surface area contributed by atoms with Gasteiger partial charge in [-0.15, -0.1) is 6.42 Å². The van der Waals surface area contributed by atoms with Gasteiger partial charge in [-0.1, -0.05) is 5.92 Å². The molecule has 0 aliphatic carbocycles. The van der Waals surface area contributed by atoms with Crippen LogP contribution in [0.1, 0.15) is 35.4 Å². The number of nitrogens with zero attached hydrogens (tertiary/aromatic N) is 4. The smallest absolute Gasteiger partial charge is 0.323 e. The average Bonchev–Trinajstić information content (AvgIpc) is 3.08. The summed E-state index contributed by atoms with van der Waals surface area (Å²) in [6.45, 7) is -0.227. The molecule has 2 N–H and O–H groups in total. The predicted molar refractivity (Wildman–Crippen MR) is 108 cm³/mol. The van der Waals surface area contributed by atoms with Gasteiger partial charge in [0, 0.05) is 43.2 Å². The number of urea groups is 1. The zero-order valence-electron chi connectivity index (χ0n) is 17.0. The van der Waals surface area contributed by atoms with Crippen LogP contribution in [0.15, 0.2) is 18.2 Å². The van der Waals surface area contributed by atoms with E-state index in [4.69, 9.17) is 11.7 Å². The van der Waals surface area contributed by atoms with Gasteiger partial charge in [0.2, 0.25) is 0 Å². The minimum atomic E-state index is -3.16. The number of hydrogen-bond donors (Lipinski definition) is 2. The third kappa shape index (κ3) is 3.78. The van der Waals surface area contributed by atoms with E-state index in [2.05, 4.69) is 16.3 Å². The van der Waals surface area contributed by atoms with E-state index in [-0.39, 0.29) is 61.0 Å². The van der Waals surface area contributed by atoms with Gasteiger partial charge in [-0.2, -0.15) is 19.1 Å². The third-order valence-electron chi connectivity index (χ3n) is 5.92. The van der Waals surface area contributed by atoms with Gasteiger partial charge in [-0.05, 0) is 24.6 Å². The Balaban J connectivity index is 1.65. The van der Waals surface area contributed by atoms with Crippen molar-refractivity contribution in [1.29, 1.82) is 5.26 Å². The minimum Gasteiger partial charge on any atom is -0.396 e. The van der Waals surface area contributed by atoms with Crippen molar-refractivity contribution in [3.8, 4) is 18.4 Å². The summed E-state index contributed by atoms with van der Waals surface area (Å²) >= 11 is 0. The van der Waals surface area contributed by atoms with Gasteiger partial charge in [0.25, 0.3) is 5.92 Å². The van der Waals surface area contributed by atoms with Gasteiger partial charge in [0.15, 0.2) is 0 Å². The van der Waals surface area contributed by atoms with Crippen LogP contribution in [-0.4, -0.2) is 38.5 Å². The predicted octanol–water partition coefficient (Wildman–Crippen LogP) is 2.98. The molecule has 0 spiro atoms. The summed E-state index contributed by atoms with van der Waals surface area (Å²) in [4.78, 5) is 14.2. The van der Waals surface area contributed by atoms with Crippen LogP contribution >= 0.6 is 0 Å². The highest BCUT2D eigenvalue weighted by molar-refractivity contribution is 5.90. The number of aliphatic hydroxyl groups excluding tert-OH is 1. The lowest BCUT2D eigenvalue weighted by molar-refractivity contribution is -0.0226. The van der Waals surface area contributed by atoms with Crippen LogP contribution in [0.4, 0.5) is 23.7 Å². The molecule has 32 heavy (non-hydrogen) atoms. The van der Waals surface area contributed by atoms with Crippen LogP contribution < -0.4 is 5.32 Å².